The van der Waals surface area contributed by atoms with E-state index in [0.29, 0.717) is 5.56 Å². The molecule has 1 aromatic rings. The third-order valence-electron chi connectivity index (χ3n) is 1.44. The molecule has 0 radical (unpaired) electrons. The average molecular weight is 217 g/mol. The van der Waals surface area contributed by atoms with E-state index >= 15 is 0 Å². The van der Waals surface area contributed by atoms with Gasteiger partial charge < -0.3 is 0 Å². The molecule has 1 rings (SSSR count). The zero-order chi connectivity index (χ0) is 10.6. The van der Waals surface area contributed by atoms with Crippen molar-refractivity contribution in [1.29, 1.82) is 0 Å². The summed E-state index contributed by atoms with van der Waals surface area (Å²) in [6.07, 6.45) is -0.163. The standard InChI is InChI=1S/C8H8FNO3S/c9-14(12,13)10-8(11)6-7-4-2-1-3-5-7/h1-5H,6H2,(H,10,11). The van der Waals surface area contributed by atoms with E-state index in [1.165, 1.54) is 4.72 Å². The fourth-order valence-corrected chi connectivity index (χ4v) is 1.30. The zero-order valence-electron chi connectivity index (χ0n) is 7.10. The van der Waals surface area contributed by atoms with E-state index in [9.17, 15) is 17.1 Å². The Bertz CT molecular complexity index is 415. The quantitative estimate of drug-likeness (QED) is 0.752. The molecule has 0 fully saturated rings. The molecule has 4 nitrogen and oxygen atoms in total. The molecule has 0 heterocycles. The minimum absolute atomic E-state index is 0.163. The Labute approximate surface area is 81.1 Å². The summed E-state index contributed by atoms with van der Waals surface area (Å²) in [5, 5.41) is 0. The van der Waals surface area contributed by atoms with Crippen molar-refractivity contribution >= 4 is 16.3 Å². The van der Waals surface area contributed by atoms with Crippen molar-refractivity contribution in [3.05, 3.63) is 35.9 Å². The highest BCUT2D eigenvalue weighted by atomic mass is 32.3. The molecule has 1 amide bonds. The number of amides is 1. The lowest BCUT2D eigenvalue weighted by atomic mass is 10.1. The van der Waals surface area contributed by atoms with Crippen molar-refractivity contribution in [3.8, 4) is 0 Å². The van der Waals surface area contributed by atoms with Crippen LogP contribution in [0.1, 0.15) is 5.56 Å². The highest BCUT2D eigenvalue weighted by molar-refractivity contribution is 7.84. The summed E-state index contributed by atoms with van der Waals surface area (Å²) in [6.45, 7) is 0. The molecule has 0 unspecified atom stereocenters. The molecule has 0 aliphatic rings. The molecule has 0 aliphatic heterocycles. The highest BCUT2D eigenvalue weighted by Gasteiger charge is 2.11. The van der Waals surface area contributed by atoms with Gasteiger partial charge in [0.1, 0.15) is 0 Å². The van der Waals surface area contributed by atoms with Crippen LogP contribution in [0.5, 0.6) is 0 Å². The van der Waals surface area contributed by atoms with Crippen LogP contribution in [0.25, 0.3) is 0 Å². The maximum absolute atomic E-state index is 12.0. The van der Waals surface area contributed by atoms with Crippen LogP contribution in [0.15, 0.2) is 30.3 Å². The van der Waals surface area contributed by atoms with Crippen molar-refractivity contribution < 1.29 is 17.1 Å². The fourth-order valence-electron chi connectivity index (χ4n) is 0.953. The van der Waals surface area contributed by atoms with Crippen molar-refractivity contribution in [2.45, 2.75) is 6.42 Å². The Morgan fingerprint density at radius 2 is 1.86 bits per heavy atom. The number of carbonyl (C=O) groups excluding carboxylic acids is 1. The number of hydrogen-bond acceptors (Lipinski definition) is 3. The molecule has 14 heavy (non-hydrogen) atoms. The van der Waals surface area contributed by atoms with E-state index in [4.69, 9.17) is 0 Å². The topological polar surface area (TPSA) is 63.2 Å². The molecule has 0 bridgehead atoms. The molecule has 0 saturated carbocycles. The van der Waals surface area contributed by atoms with E-state index in [1.54, 1.807) is 30.3 Å². The summed E-state index contributed by atoms with van der Waals surface area (Å²) >= 11 is 0. The first-order chi connectivity index (χ1) is 6.47. The van der Waals surface area contributed by atoms with Gasteiger partial charge in [0.05, 0.1) is 6.42 Å². The van der Waals surface area contributed by atoms with Crippen molar-refractivity contribution in [2.24, 2.45) is 0 Å². The number of halogens is 1. The minimum Gasteiger partial charge on any atom is -0.274 e. The van der Waals surface area contributed by atoms with Gasteiger partial charge in [-0.15, -0.1) is 0 Å². The second-order valence-corrected chi connectivity index (χ2v) is 3.71. The van der Waals surface area contributed by atoms with Crippen LogP contribution in [0, 0.1) is 0 Å². The smallest absolute Gasteiger partial charge is 0.274 e. The Morgan fingerprint density at radius 1 is 1.29 bits per heavy atom. The largest absolute Gasteiger partial charge is 0.399 e. The van der Waals surface area contributed by atoms with Crippen LogP contribution in [-0.4, -0.2) is 14.3 Å². The van der Waals surface area contributed by atoms with Crippen LogP contribution in [0.2, 0.25) is 0 Å². The van der Waals surface area contributed by atoms with Gasteiger partial charge in [0, 0.05) is 0 Å². The summed E-state index contributed by atoms with van der Waals surface area (Å²) in [5.41, 5.74) is 0.619. The lowest BCUT2D eigenvalue weighted by molar-refractivity contribution is -0.118. The number of carbonyl (C=O) groups is 1. The molecule has 0 atom stereocenters. The normalized spacial score (nSPS) is 10.9. The lowest BCUT2D eigenvalue weighted by Gasteiger charge is -1.99. The maximum Gasteiger partial charge on any atom is 0.399 e. The maximum atomic E-state index is 12.0. The van der Waals surface area contributed by atoms with Gasteiger partial charge in [-0.1, -0.05) is 34.2 Å². The highest BCUT2D eigenvalue weighted by Crippen LogP contribution is 1.99. The minimum atomic E-state index is -4.94. The molecule has 0 spiro atoms. The first-order valence-electron chi connectivity index (χ1n) is 3.76. The molecular formula is C8H8FNO3S. The lowest BCUT2D eigenvalue weighted by Crippen LogP contribution is -2.28. The van der Waals surface area contributed by atoms with Crippen LogP contribution >= 0.6 is 0 Å². The Morgan fingerprint density at radius 3 is 2.36 bits per heavy atom. The van der Waals surface area contributed by atoms with Crippen molar-refractivity contribution in [3.63, 3.8) is 0 Å². The Balaban J connectivity index is 2.59. The van der Waals surface area contributed by atoms with E-state index in [2.05, 4.69) is 0 Å². The molecule has 0 aromatic heterocycles. The van der Waals surface area contributed by atoms with Crippen LogP contribution in [0.3, 0.4) is 0 Å². The van der Waals surface area contributed by atoms with Gasteiger partial charge in [-0.2, -0.15) is 8.42 Å². The van der Waals surface area contributed by atoms with Gasteiger partial charge in [-0.25, -0.2) is 4.72 Å². The third-order valence-corrected chi connectivity index (χ3v) is 1.91. The molecule has 0 saturated heterocycles. The Kier molecular flexibility index (Phi) is 3.19. The second kappa shape index (κ2) is 4.19. The number of rotatable bonds is 3. The van der Waals surface area contributed by atoms with Gasteiger partial charge in [-0.3, -0.25) is 4.79 Å². The first-order valence-corrected chi connectivity index (χ1v) is 5.15. The number of nitrogens with one attached hydrogen (secondary N) is 1. The Hall–Kier alpha value is -1.43. The van der Waals surface area contributed by atoms with Gasteiger partial charge in [0.25, 0.3) is 0 Å². The molecule has 1 aromatic carbocycles. The van der Waals surface area contributed by atoms with Crippen LogP contribution in [0.4, 0.5) is 3.89 Å². The first kappa shape index (κ1) is 10.6. The number of hydrogen-bond donors (Lipinski definition) is 1. The average Bonchev–Trinajstić information content (AvgIpc) is 2.02. The van der Waals surface area contributed by atoms with Crippen LogP contribution in [-0.2, 0) is 21.6 Å². The molecule has 76 valence electrons. The SMILES string of the molecule is O=C(Cc1ccccc1)NS(=O)(=O)F. The van der Waals surface area contributed by atoms with Gasteiger partial charge in [0.15, 0.2) is 0 Å². The summed E-state index contributed by atoms with van der Waals surface area (Å²) in [5.74, 6) is -0.890. The van der Waals surface area contributed by atoms with Crippen molar-refractivity contribution in [2.75, 3.05) is 0 Å². The molecule has 1 N–H and O–H groups in total. The second-order valence-electron chi connectivity index (χ2n) is 2.63. The van der Waals surface area contributed by atoms with Crippen LogP contribution < -0.4 is 4.72 Å². The molecule has 6 heteroatoms. The summed E-state index contributed by atoms with van der Waals surface area (Å²) in [6, 6.07) is 8.45. The van der Waals surface area contributed by atoms with Gasteiger partial charge >= 0.3 is 10.4 Å². The fraction of sp³-hybridized carbons (Fsp3) is 0.125. The van der Waals surface area contributed by atoms with E-state index in [0.717, 1.165) is 0 Å². The van der Waals surface area contributed by atoms with E-state index < -0.39 is 16.3 Å². The van der Waals surface area contributed by atoms with Gasteiger partial charge in [-0.05, 0) is 5.56 Å². The van der Waals surface area contributed by atoms with Crippen molar-refractivity contribution in [1.82, 2.24) is 4.72 Å². The van der Waals surface area contributed by atoms with E-state index in [1.807, 2.05) is 0 Å². The van der Waals surface area contributed by atoms with E-state index in [-0.39, 0.29) is 6.42 Å². The molecule has 0 aliphatic carbocycles. The third kappa shape index (κ3) is 3.99. The predicted octanol–water partition coefficient (Wildman–Crippen LogP) is 0.560. The number of benzene rings is 1. The van der Waals surface area contributed by atoms with Gasteiger partial charge in [0.2, 0.25) is 5.91 Å². The monoisotopic (exact) mass is 217 g/mol. The summed E-state index contributed by atoms with van der Waals surface area (Å²) in [4.78, 5) is 10.9. The summed E-state index contributed by atoms with van der Waals surface area (Å²) in [7, 11) is -4.94. The predicted molar refractivity (Wildman–Crippen MR) is 48.3 cm³/mol. The molecular weight excluding hydrogens is 209 g/mol. The summed E-state index contributed by atoms with van der Waals surface area (Å²) < 4.78 is 33.3. The zero-order valence-corrected chi connectivity index (χ0v) is 7.92.